The van der Waals surface area contributed by atoms with E-state index in [0.29, 0.717) is 24.9 Å². The van der Waals surface area contributed by atoms with Gasteiger partial charge in [0.05, 0.1) is 5.52 Å². The van der Waals surface area contributed by atoms with E-state index in [1.165, 1.54) is 17.7 Å². The summed E-state index contributed by atoms with van der Waals surface area (Å²) >= 11 is 0. The van der Waals surface area contributed by atoms with Crippen LogP contribution in [0.1, 0.15) is 51.2 Å². The molecule has 2 aliphatic heterocycles. The normalized spacial score (nSPS) is 21.5. The maximum Gasteiger partial charge on any atom is 0.224 e. The van der Waals surface area contributed by atoms with Crippen LogP contribution in [0.5, 0.6) is 0 Å². The third kappa shape index (κ3) is 6.40. The molecule has 7 heteroatoms. The first-order valence-electron chi connectivity index (χ1n) is 14.7. The minimum Gasteiger partial charge on any atom is -0.365 e. The Kier molecular flexibility index (Phi) is 8.29. The van der Waals surface area contributed by atoms with Crippen molar-refractivity contribution in [1.29, 1.82) is 0 Å². The molecule has 2 aliphatic rings. The summed E-state index contributed by atoms with van der Waals surface area (Å²) in [6, 6.07) is 16.8. The van der Waals surface area contributed by atoms with Crippen molar-refractivity contribution in [2.75, 3.05) is 47.8 Å². The van der Waals surface area contributed by atoms with E-state index < -0.39 is 0 Å². The first kappa shape index (κ1) is 27.9. The molecule has 3 unspecified atom stereocenters. The van der Waals surface area contributed by atoms with Crippen LogP contribution in [0, 0.1) is 25.7 Å². The lowest BCUT2D eigenvalue weighted by atomic mass is 9.92. The van der Waals surface area contributed by atoms with E-state index in [2.05, 4.69) is 80.1 Å². The molecular formula is C33H43N5O2. The van der Waals surface area contributed by atoms with Crippen molar-refractivity contribution in [2.45, 2.75) is 59.9 Å². The Balaban J connectivity index is 1.15. The van der Waals surface area contributed by atoms with Gasteiger partial charge in [-0.25, -0.2) is 4.98 Å². The van der Waals surface area contributed by atoms with Crippen molar-refractivity contribution in [2.24, 2.45) is 11.8 Å². The maximum atomic E-state index is 12.9. The number of hydrogen-bond donors (Lipinski definition) is 1. The van der Waals surface area contributed by atoms with E-state index in [9.17, 15) is 9.59 Å². The minimum absolute atomic E-state index is 0.0398. The number of benzene rings is 2. The van der Waals surface area contributed by atoms with E-state index in [-0.39, 0.29) is 30.7 Å². The Morgan fingerprint density at radius 1 is 0.900 bits per heavy atom. The monoisotopic (exact) mass is 541 g/mol. The number of nitrogens with one attached hydrogen (secondary N) is 1. The zero-order chi connectivity index (χ0) is 28.4. The van der Waals surface area contributed by atoms with Gasteiger partial charge in [0.1, 0.15) is 5.82 Å². The Bertz CT molecular complexity index is 1360. The van der Waals surface area contributed by atoms with Crippen molar-refractivity contribution >= 4 is 39.9 Å². The highest BCUT2D eigenvalue weighted by Gasteiger charge is 2.27. The molecule has 0 saturated carbocycles. The lowest BCUT2D eigenvalue weighted by Gasteiger charge is -2.41. The summed E-state index contributed by atoms with van der Waals surface area (Å²) in [6.07, 6.45) is 1.65. The van der Waals surface area contributed by atoms with E-state index in [0.717, 1.165) is 47.6 Å². The molecule has 212 valence electrons. The zero-order valence-corrected chi connectivity index (χ0v) is 24.6. The molecule has 40 heavy (non-hydrogen) atoms. The average molecular weight is 542 g/mol. The summed E-state index contributed by atoms with van der Waals surface area (Å²) in [4.78, 5) is 37.3. The number of amides is 2. The Morgan fingerprint density at radius 2 is 1.62 bits per heavy atom. The standard InChI is InChI=1S/C33H43N5O2/c1-22-6-9-28(10-7-22)38-15-14-36(21-26(38)5)33(40)13-12-32(39)34-27-8-11-30-29(18-27)25(4)17-31(35-30)37-19-23(2)16-24(3)20-37/h6-11,17-18,23-24,26H,12-16,19-21H2,1-5H3,(H,34,39). The van der Waals surface area contributed by atoms with Gasteiger partial charge < -0.3 is 20.0 Å². The largest absolute Gasteiger partial charge is 0.365 e. The second kappa shape index (κ2) is 11.9. The number of nitrogens with zero attached hydrogens (tertiary/aromatic N) is 4. The van der Waals surface area contributed by atoms with E-state index in [4.69, 9.17) is 4.98 Å². The number of anilines is 3. The van der Waals surface area contributed by atoms with Gasteiger partial charge in [0, 0.05) is 68.4 Å². The van der Waals surface area contributed by atoms with Crippen molar-refractivity contribution in [3.63, 3.8) is 0 Å². The number of carbonyl (C=O) groups excluding carboxylic acids is 2. The Hall–Kier alpha value is -3.61. The number of carbonyl (C=O) groups is 2. The first-order chi connectivity index (χ1) is 19.2. The molecule has 0 aliphatic carbocycles. The van der Waals surface area contributed by atoms with Crippen molar-refractivity contribution < 1.29 is 9.59 Å². The highest BCUT2D eigenvalue weighted by Crippen LogP contribution is 2.29. The Morgan fingerprint density at radius 3 is 2.33 bits per heavy atom. The molecule has 5 rings (SSSR count). The number of piperazine rings is 1. The van der Waals surface area contributed by atoms with Gasteiger partial charge in [-0.1, -0.05) is 31.5 Å². The number of pyridine rings is 1. The van der Waals surface area contributed by atoms with Gasteiger partial charge in [-0.05, 0) is 81.0 Å². The maximum absolute atomic E-state index is 12.9. The second-order valence-corrected chi connectivity index (χ2v) is 12.1. The van der Waals surface area contributed by atoms with Gasteiger partial charge in [0.2, 0.25) is 11.8 Å². The average Bonchev–Trinajstić information content (AvgIpc) is 2.92. The number of fused-ring (bicyclic) bond motifs is 1. The fraction of sp³-hybridized carbons (Fsp3) is 0.485. The van der Waals surface area contributed by atoms with Gasteiger partial charge >= 0.3 is 0 Å². The third-order valence-corrected chi connectivity index (χ3v) is 8.39. The number of aromatic nitrogens is 1. The van der Waals surface area contributed by atoms with E-state index >= 15 is 0 Å². The minimum atomic E-state index is -0.141. The van der Waals surface area contributed by atoms with Gasteiger partial charge in [-0.3, -0.25) is 9.59 Å². The summed E-state index contributed by atoms with van der Waals surface area (Å²) < 4.78 is 0. The molecule has 2 fully saturated rings. The van der Waals surface area contributed by atoms with Crippen molar-refractivity contribution in [3.05, 3.63) is 59.7 Å². The summed E-state index contributed by atoms with van der Waals surface area (Å²) in [5.74, 6) is 2.26. The summed E-state index contributed by atoms with van der Waals surface area (Å²) in [7, 11) is 0. The van der Waals surface area contributed by atoms with Crippen molar-refractivity contribution in [1.82, 2.24) is 9.88 Å². The van der Waals surface area contributed by atoms with Crippen LogP contribution in [-0.2, 0) is 9.59 Å². The van der Waals surface area contributed by atoms with Crippen LogP contribution >= 0.6 is 0 Å². The number of rotatable bonds is 6. The van der Waals surface area contributed by atoms with Crippen molar-refractivity contribution in [3.8, 4) is 0 Å². The van der Waals surface area contributed by atoms with Crippen LogP contribution in [0.3, 0.4) is 0 Å². The summed E-state index contributed by atoms with van der Waals surface area (Å²) in [5.41, 5.74) is 5.26. The Labute approximate surface area is 238 Å². The van der Waals surface area contributed by atoms with Gasteiger partial charge in [0.15, 0.2) is 0 Å². The molecule has 1 N–H and O–H groups in total. The van der Waals surface area contributed by atoms with Crippen LogP contribution in [-0.4, -0.2) is 60.5 Å². The molecule has 2 amide bonds. The highest BCUT2D eigenvalue weighted by molar-refractivity contribution is 5.96. The molecule has 0 bridgehead atoms. The first-order valence-corrected chi connectivity index (χ1v) is 14.7. The molecule has 3 heterocycles. The van der Waals surface area contributed by atoms with Gasteiger partial charge in [-0.15, -0.1) is 0 Å². The predicted octanol–water partition coefficient (Wildman–Crippen LogP) is 5.79. The predicted molar refractivity (Wildman–Crippen MR) is 164 cm³/mol. The highest BCUT2D eigenvalue weighted by atomic mass is 16.2. The third-order valence-electron chi connectivity index (χ3n) is 8.39. The number of aryl methyl sites for hydroxylation is 2. The molecule has 2 saturated heterocycles. The second-order valence-electron chi connectivity index (χ2n) is 12.1. The van der Waals surface area contributed by atoms with Crippen LogP contribution in [0.2, 0.25) is 0 Å². The molecule has 2 aromatic carbocycles. The SMILES string of the molecule is Cc1ccc(N2CCN(C(=O)CCC(=O)Nc3ccc4nc(N5CC(C)CC(C)C5)cc(C)c4c3)CC2C)cc1. The van der Waals surface area contributed by atoms with Crippen LogP contribution in [0.15, 0.2) is 48.5 Å². The molecule has 3 aromatic rings. The van der Waals surface area contributed by atoms with Gasteiger partial charge in [-0.2, -0.15) is 0 Å². The lowest BCUT2D eigenvalue weighted by Crippen LogP contribution is -2.53. The summed E-state index contributed by atoms with van der Waals surface area (Å²) in [5, 5.41) is 4.03. The van der Waals surface area contributed by atoms with Crippen LogP contribution < -0.4 is 15.1 Å². The molecule has 0 spiro atoms. The number of hydrogen-bond acceptors (Lipinski definition) is 5. The molecule has 7 nitrogen and oxygen atoms in total. The zero-order valence-electron chi connectivity index (χ0n) is 24.6. The molecular weight excluding hydrogens is 498 g/mol. The molecule has 0 radical (unpaired) electrons. The van der Waals surface area contributed by atoms with Crippen LogP contribution in [0.4, 0.5) is 17.2 Å². The van der Waals surface area contributed by atoms with E-state index in [1.807, 2.05) is 23.1 Å². The number of piperidine rings is 1. The van der Waals surface area contributed by atoms with Gasteiger partial charge in [0.25, 0.3) is 0 Å². The van der Waals surface area contributed by atoms with E-state index in [1.54, 1.807) is 0 Å². The fourth-order valence-electron chi connectivity index (χ4n) is 6.37. The topological polar surface area (TPSA) is 68.8 Å². The molecule has 1 aromatic heterocycles. The lowest BCUT2D eigenvalue weighted by molar-refractivity contribution is -0.133. The molecule has 3 atom stereocenters. The smallest absolute Gasteiger partial charge is 0.224 e. The fourth-order valence-corrected chi connectivity index (χ4v) is 6.37. The quantitative estimate of drug-likeness (QED) is 0.428. The summed E-state index contributed by atoms with van der Waals surface area (Å²) in [6.45, 7) is 15.2. The van der Waals surface area contributed by atoms with Crippen LogP contribution in [0.25, 0.3) is 10.9 Å².